The lowest BCUT2D eigenvalue weighted by Gasteiger charge is -2.40. The number of rotatable bonds is 4. The zero-order chi connectivity index (χ0) is 20.9. The molecule has 2 aliphatic rings. The molecule has 2 aliphatic heterocycles. The van der Waals surface area contributed by atoms with Gasteiger partial charge in [-0.05, 0) is 37.1 Å². The van der Waals surface area contributed by atoms with Gasteiger partial charge in [0.1, 0.15) is 11.3 Å². The highest BCUT2D eigenvalue weighted by Gasteiger charge is 2.41. The number of hydrogen-bond acceptors (Lipinski definition) is 7. The summed E-state index contributed by atoms with van der Waals surface area (Å²) >= 11 is 1.47. The van der Waals surface area contributed by atoms with Crippen molar-refractivity contribution in [2.24, 2.45) is 5.73 Å². The van der Waals surface area contributed by atoms with E-state index in [0.717, 1.165) is 40.6 Å². The van der Waals surface area contributed by atoms with Crippen molar-refractivity contribution in [3.05, 3.63) is 48.4 Å². The van der Waals surface area contributed by atoms with Gasteiger partial charge in [-0.1, -0.05) is 11.3 Å². The molecule has 0 aliphatic carbocycles. The molecule has 9 heteroatoms. The fraction of sp³-hybridized carbons (Fsp3) is 0.318. The van der Waals surface area contributed by atoms with Gasteiger partial charge < -0.3 is 19.8 Å². The number of amides is 2. The fourth-order valence-corrected chi connectivity index (χ4v) is 5.56. The van der Waals surface area contributed by atoms with E-state index in [2.05, 4.69) is 14.9 Å². The van der Waals surface area contributed by atoms with Crippen LogP contribution in [-0.2, 0) is 6.54 Å². The minimum Gasteiger partial charge on any atom is -0.464 e. The van der Waals surface area contributed by atoms with Gasteiger partial charge in [-0.25, -0.2) is 9.78 Å². The standard InChI is InChI=1S/C22H21N5O3S/c23-21(28)26-10-14-3-4-15(11-26)27(14)9-13-12-29-18-8-16(5-6-17(13)18)30-22-25-20-19(31-22)2-1-7-24-20/h1-2,5-8,12,14-15H,3-4,9-11H2,(H2,23,28)/t14-,15+. The van der Waals surface area contributed by atoms with Crippen molar-refractivity contribution >= 4 is 38.7 Å². The molecule has 1 aromatic carbocycles. The first-order valence-electron chi connectivity index (χ1n) is 10.3. The van der Waals surface area contributed by atoms with Crippen LogP contribution in [0.3, 0.4) is 0 Å². The number of nitrogens with zero attached hydrogens (tertiary/aromatic N) is 4. The van der Waals surface area contributed by atoms with E-state index < -0.39 is 0 Å². The number of benzene rings is 1. The third-order valence-corrected chi connectivity index (χ3v) is 7.16. The number of urea groups is 1. The van der Waals surface area contributed by atoms with Gasteiger partial charge in [-0.3, -0.25) is 4.90 Å². The molecule has 6 rings (SSSR count). The quantitative estimate of drug-likeness (QED) is 0.521. The smallest absolute Gasteiger partial charge is 0.314 e. The van der Waals surface area contributed by atoms with E-state index in [0.29, 0.717) is 41.8 Å². The highest BCUT2D eigenvalue weighted by Crippen LogP contribution is 2.35. The molecule has 2 bridgehead atoms. The van der Waals surface area contributed by atoms with E-state index in [1.807, 2.05) is 36.6 Å². The number of primary amides is 1. The average molecular weight is 436 g/mol. The van der Waals surface area contributed by atoms with Gasteiger partial charge in [0.05, 0.1) is 11.0 Å². The minimum atomic E-state index is -0.318. The molecule has 2 fully saturated rings. The summed E-state index contributed by atoms with van der Waals surface area (Å²) in [4.78, 5) is 24.5. The Kier molecular flexibility index (Phi) is 4.32. The Balaban J connectivity index is 1.21. The Morgan fingerprint density at radius 1 is 1.26 bits per heavy atom. The Bertz CT molecular complexity index is 1240. The van der Waals surface area contributed by atoms with Gasteiger partial charge in [-0.15, -0.1) is 0 Å². The molecule has 0 saturated carbocycles. The van der Waals surface area contributed by atoms with Gasteiger partial charge in [-0.2, -0.15) is 4.98 Å². The Labute approximate surface area is 182 Å². The zero-order valence-electron chi connectivity index (χ0n) is 16.7. The number of carbonyl (C=O) groups excluding carboxylic acids is 1. The number of hydrogen-bond donors (Lipinski definition) is 1. The molecule has 0 radical (unpaired) electrons. The topological polar surface area (TPSA) is 97.7 Å². The van der Waals surface area contributed by atoms with Crippen molar-refractivity contribution < 1.29 is 13.9 Å². The van der Waals surface area contributed by atoms with Crippen LogP contribution >= 0.6 is 11.3 Å². The Morgan fingerprint density at radius 2 is 2.10 bits per heavy atom. The highest BCUT2D eigenvalue weighted by molar-refractivity contribution is 7.20. The van der Waals surface area contributed by atoms with Crippen LogP contribution in [0.2, 0.25) is 0 Å². The van der Waals surface area contributed by atoms with Crippen LogP contribution in [0.25, 0.3) is 21.3 Å². The summed E-state index contributed by atoms with van der Waals surface area (Å²) in [5.74, 6) is 0.683. The van der Waals surface area contributed by atoms with Crippen molar-refractivity contribution in [1.82, 2.24) is 19.8 Å². The minimum absolute atomic E-state index is 0.318. The molecule has 8 nitrogen and oxygen atoms in total. The fourth-order valence-electron chi connectivity index (χ4n) is 4.77. The number of likely N-dealkylation sites (tertiary alicyclic amines) is 1. The summed E-state index contributed by atoms with van der Waals surface area (Å²) in [6.07, 6.45) is 5.75. The number of piperazine rings is 1. The molecule has 2 atom stereocenters. The summed E-state index contributed by atoms with van der Waals surface area (Å²) < 4.78 is 12.8. The van der Waals surface area contributed by atoms with E-state index in [9.17, 15) is 4.79 Å². The van der Waals surface area contributed by atoms with Crippen molar-refractivity contribution in [2.75, 3.05) is 13.1 Å². The first-order valence-corrected chi connectivity index (χ1v) is 11.2. The monoisotopic (exact) mass is 435 g/mol. The van der Waals surface area contributed by atoms with E-state index in [-0.39, 0.29) is 6.03 Å². The number of aromatic nitrogens is 2. The van der Waals surface area contributed by atoms with E-state index in [1.165, 1.54) is 11.3 Å². The first kappa shape index (κ1) is 18.6. The average Bonchev–Trinajstić information content (AvgIpc) is 3.41. The van der Waals surface area contributed by atoms with Crippen molar-refractivity contribution in [1.29, 1.82) is 0 Å². The zero-order valence-corrected chi connectivity index (χ0v) is 17.5. The third kappa shape index (κ3) is 3.30. The van der Waals surface area contributed by atoms with Crippen LogP contribution < -0.4 is 10.5 Å². The number of thiazole rings is 1. The van der Waals surface area contributed by atoms with Gasteiger partial charge in [0.2, 0.25) is 0 Å². The molecular formula is C22H21N5O3S. The largest absolute Gasteiger partial charge is 0.464 e. The second-order valence-electron chi connectivity index (χ2n) is 8.13. The van der Waals surface area contributed by atoms with Gasteiger partial charge in [0.15, 0.2) is 5.65 Å². The predicted octanol–water partition coefficient (Wildman–Crippen LogP) is 3.96. The van der Waals surface area contributed by atoms with Gasteiger partial charge in [0, 0.05) is 54.9 Å². The van der Waals surface area contributed by atoms with E-state index in [4.69, 9.17) is 14.9 Å². The number of furan rings is 1. The number of nitrogens with two attached hydrogens (primary N) is 1. The van der Waals surface area contributed by atoms with Crippen molar-refractivity contribution in [3.8, 4) is 10.9 Å². The SMILES string of the molecule is NC(=O)N1C[C@H]2CC[C@@H](C1)N2Cc1coc2cc(Oc3nc4ncccc4s3)ccc12. The lowest BCUT2D eigenvalue weighted by atomic mass is 10.1. The summed E-state index contributed by atoms with van der Waals surface area (Å²) in [5.41, 5.74) is 8.13. The maximum Gasteiger partial charge on any atom is 0.314 e. The number of carbonyl (C=O) groups is 1. The van der Waals surface area contributed by atoms with E-state index >= 15 is 0 Å². The van der Waals surface area contributed by atoms with Gasteiger partial charge >= 0.3 is 6.03 Å². The number of fused-ring (bicyclic) bond motifs is 4. The van der Waals surface area contributed by atoms with Crippen LogP contribution in [0.15, 0.2) is 47.2 Å². The van der Waals surface area contributed by atoms with Crippen LogP contribution in [0.1, 0.15) is 18.4 Å². The molecule has 0 unspecified atom stereocenters. The molecule has 0 spiro atoms. The van der Waals surface area contributed by atoms with Crippen LogP contribution in [0.5, 0.6) is 10.9 Å². The van der Waals surface area contributed by atoms with Crippen molar-refractivity contribution in [3.63, 3.8) is 0 Å². The normalized spacial score (nSPS) is 21.2. The Morgan fingerprint density at radius 3 is 2.87 bits per heavy atom. The first-order chi connectivity index (χ1) is 15.1. The summed E-state index contributed by atoms with van der Waals surface area (Å²) in [7, 11) is 0. The lowest BCUT2D eigenvalue weighted by Crippen LogP contribution is -2.56. The van der Waals surface area contributed by atoms with Crippen molar-refractivity contribution in [2.45, 2.75) is 31.5 Å². The maximum absolute atomic E-state index is 11.6. The molecule has 2 amide bonds. The molecule has 4 aromatic rings. The van der Waals surface area contributed by atoms with Crippen LogP contribution in [0.4, 0.5) is 4.79 Å². The third-order valence-electron chi connectivity index (χ3n) is 6.28. The highest BCUT2D eigenvalue weighted by atomic mass is 32.1. The molecular weight excluding hydrogens is 414 g/mol. The molecule has 5 heterocycles. The second kappa shape index (κ2) is 7.21. The predicted molar refractivity (Wildman–Crippen MR) is 117 cm³/mol. The Hall–Kier alpha value is -3.17. The number of pyridine rings is 1. The maximum atomic E-state index is 11.6. The second-order valence-corrected chi connectivity index (χ2v) is 9.12. The summed E-state index contributed by atoms with van der Waals surface area (Å²) in [5, 5.41) is 1.64. The molecule has 2 N–H and O–H groups in total. The van der Waals surface area contributed by atoms with Crippen LogP contribution in [-0.4, -0.2) is 51.0 Å². The summed E-state index contributed by atoms with van der Waals surface area (Å²) in [6.45, 7) is 2.21. The molecule has 2 saturated heterocycles. The molecule has 3 aromatic heterocycles. The lowest BCUT2D eigenvalue weighted by molar-refractivity contribution is 0.0799. The summed E-state index contributed by atoms with van der Waals surface area (Å²) in [6, 6.07) is 10.1. The number of ether oxygens (including phenoxy) is 1. The van der Waals surface area contributed by atoms with Crippen LogP contribution in [0, 0.1) is 0 Å². The van der Waals surface area contributed by atoms with Gasteiger partial charge in [0.25, 0.3) is 5.19 Å². The molecule has 158 valence electrons. The van der Waals surface area contributed by atoms with E-state index in [1.54, 1.807) is 11.1 Å². The molecule has 31 heavy (non-hydrogen) atoms.